The van der Waals surface area contributed by atoms with Gasteiger partial charge >= 0.3 is 0 Å². The molecular weight excluding hydrogens is 356 g/mol. The Hall–Kier alpha value is -2.91. The number of hydrogen-bond acceptors (Lipinski definition) is 2. The third kappa shape index (κ3) is 4.93. The Balaban J connectivity index is 1.61. The van der Waals surface area contributed by atoms with Crippen LogP contribution in [-0.2, 0) is 4.79 Å². The summed E-state index contributed by atoms with van der Waals surface area (Å²) in [4.78, 5) is 16.0. The molecule has 3 aromatic rings. The van der Waals surface area contributed by atoms with Crippen molar-refractivity contribution in [2.24, 2.45) is 0 Å². The summed E-state index contributed by atoms with van der Waals surface area (Å²) in [5.74, 6) is -0.266. The fourth-order valence-corrected chi connectivity index (χ4v) is 4.18. The Morgan fingerprint density at radius 2 is 1.17 bits per heavy atom. The van der Waals surface area contributed by atoms with Crippen LogP contribution in [0.15, 0.2) is 91.0 Å². The maximum absolute atomic E-state index is 13.6. The molecule has 3 nitrogen and oxygen atoms in total. The molecule has 0 saturated carbocycles. The average molecular weight is 385 g/mol. The van der Waals surface area contributed by atoms with Gasteiger partial charge in [-0.25, -0.2) is 0 Å². The molecule has 1 atom stereocenters. The highest BCUT2D eigenvalue weighted by Crippen LogP contribution is 2.26. The first kappa shape index (κ1) is 19.4. The van der Waals surface area contributed by atoms with Crippen LogP contribution in [0, 0.1) is 0 Å². The molecule has 1 aliphatic rings. The fourth-order valence-electron chi connectivity index (χ4n) is 4.18. The van der Waals surface area contributed by atoms with Gasteiger partial charge in [-0.05, 0) is 42.6 Å². The van der Waals surface area contributed by atoms with Crippen LogP contribution < -0.4 is 5.32 Å². The Bertz CT molecular complexity index is 850. The molecule has 0 radical (unpaired) electrons. The largest absolute Gasteiger partial charge is 0.347 e. The van der Waals surface area contributed by atoms with Gasteiger partial charge in [0.1, 0.15) is 0 Å². The molecule has 1 saturated heterocycles. The predicted octanol–water partition coefficient (Wildman–Crippen LogP) is 4.77. The highest BCUT2D eigenvalue weighted by molar-refractivity contribution is 5.87. The van der Waals surface area contributed by atoms with Crippen molar-refractivity contribution in [1.82, 2.24) is 10.2 Å². The summed E-state index contributed by atoms with van der Waals surface area (Å²) in [6.07, 6.45) is 2.48. The minimum absolute atomic E-state index is 0.0169. The molecule has 4 rings (SSSR count). The molecule has 1 aliphatic heterocycles. The van der Waals surface area contributed by atoms with Crippen LogP contribution in [0.1, 0.15) is 41.5 Å². The van der Waals surface area contributed by atoms with Gasteiger partial charge in [0.05, 0.1) is 12.0 Å². The van der Waals surface area contributed by atoms with E-state index in [1.807, 2.05) is 78.9 Å². The molecule has 1 heterocycles. The van der Waals surface area contributed by atoms with Crippen molar-refractivity contribution >= 4 is 5.91 Å². The minimum atomic E-state index is -0.317. The number of carbonyl (C=O) groups is 1. The van der Waals surface area contributed by atoms with Crippen LogP contribution in [0.4, 0.5) is 0 Å². The maximum Gasteiger partial charge on any atom is 0.232 e. The number of benzene rings is 3. The second-order valence-electron chi connectivity index (χ2n) is 7.73. The Kier molecular flexibility index (Phi) is 6.38. The lowest BCUT2D eigenvalue weighted by molar-refractivity contribution is -0.122. The first-order valence-electron chi connectivity index (χ1n) is 10.5. The predicted molar refractivity (Wildman–Crippen MR) is 118 cm³/mol. The van der Waals surface area contributed by atoms with Gasteiger partial charge in [0.25, 0.3) is 0 Å². The van der Waals surface area contributed by atoms with Gasteiger partial charge in [0.15, 0.2) is 0 Å². The normalized spacial score (nSPS) is 15.3. The zero-order chi connectivity index (χ0) is 19.9. The molecule has 0 spiro atoms. The zero-order valence-corrected chi connectivity index (χ0v) is 16.7. The zero-order valence-electron chi connectivity index (χ0n) is 16.7. The van der Waals surface area contributed by atoms with Crippen molar-refractivity contribution in [3.8, 4) is 0 Å². The number of rotatable bonds is 7. The molecule has 1 N–H and O–H groups in total. The van der Waals surface area contributed by atoms with Gasteiger partial charge in [0, 0.05) is 6.54 Å². The average Bonchev–Trinajstić information content (AvgIpc) is 3.29. The van der Waals surface area contributed by atoms with E-state index in [0.717, 1.165) is 36.3 Å². The maximum atomic E-state index is 13.6. The van der Waals surface area contributed by atoms with Crippen LogP contribution in [0.5, 0.6) is 0 Å². The van der Waals surface area contributed by atoms with Crippen LogP contribution in [0.2, 0.25) is 0 Å². The molecule has 1 fully saturated rings. The monoisotopic (exact) mass is 384 g/mol. The molecule has 0 unspecified atom stereocenters. The van der Waals surface area contributed by atoms with Gasteiger partial charge in [-0.1, -0.05) is 91.0 Å². The van der Waals surface area contributed by atoms with Crippen molar-refractivity contribution in [3.63, 3.8) is 0 Å². The van der Waals surface area contributed by atoms with Crippen LogP contribution in [-0.4, -0.2) is 30.4 Å². The van der Waals surface area contributed by atoms with Crippen LogP contribution >= 0.6 is 0 Å². The molecule has 148 valence electrons. The molecule has 0 bridgehead atoms. The fraction of sp³-hybridized carbons (Fsp3) is 0.269. The van der Waals surface area contributed by atoms with Crippen LogP contribution in [0.25, 0.3) is 0 Å². The Labute approximate surface area is 173 Å². The number of carbonyl (C=O) groups excluding carboxylic acids is 1. The van der Waals surface area contributed by atoms with Crippen molar-refractivity contribution in [3.05, 3.63) is 108 Å². The van der Waals surface area contributed by atoms with E-state index in [1.165, 1.54) is 12.8 Å². The highest BCUT2D eigenvalue weighted by Gasteiger charge is 2.27. The van der Waals surface area contributed by atoms with E-state index in [1.54, 1.807) is 0 Å². The molecule has 0 aliphatic carbocycles. The molecular formula is C26H28N2O. The number of nitrogens with zero attached hydrogens (tertiary/aromatic N) is 1. The topological polar surface area (TPSA) is 32.3 Å². The minimum Gasteiger partial charge on any atom is -0.347 e. The third-order valence-electron chi connectivity index (χ3n) is 5.69. The van der Waals surface area contributed by atoms with Crippen LogP contribution in [0.3, 0.4) is 0 Å². The van der Waals surface area contributed by atoms with Gasteiger partial charge < -0.3 is 10.2 Å². The van der Waals surface area contributed by atoms with Gasteiger partial charge in [-0.2, -0.15) is 0 Å². The van der Waals surface area contributed by atoms with Crippen molar-refractivity contribution in [1.29, 1.82) is 0 Å². The lowest BCUT2D eigenvalue weighted by Gasteiger charge is -2.27. The SMILES string of the molecule is O=C(N[C@H](CN1CCCC1)c1ccccc1)C(c1ccccc1)c1ccccc1. The van der Waals surface area contributed by atoms with E-state index < -0.39 is 0 Å². The quantitative estimate of drug-likeness (QED) is 0.636. The smallest absolute Gasteiger partial charge is 0.232 e. The van der Waals surface area contributed by atoms with E-state index in [2.05, 4.69) is 22.3 Å². The summed E-state index contributed by atoms with van der Waals surface area (Å²) >= 11 is 0. The number of amides is 1. The number of hydrogen-bond donors (Lipinski definition) is 1. The van der Waals surface area contributed by atoms with E-state index in [9.17, 15) is 4.79 Å². The highest BCUT2D eigenvalue weighted by atomic mass is 16.2. The lowest BCUT2D eigenvalue weighted by Crippen LogP contribution is -2.39. The van der Waals surface area contributed by atoms with Crippen molar-refractivity contribution in [2.45, 2.75) is 24.8 Å². The summed E-state index contributed by atoms with van der Waals surface area (Å²) in [6.45, 7) is 3.08. The van der Waals surface area contributed by atoms with E-state index in [0.29, 0.717) is 0 Å². The standard InChI is InChI=1S/C26H28N2O/c29-26(25(22-14-6-2-7-15-22)23-16-8-3-9-17-23)27-24(20-28-18-10-11-19-28)21-12-4-1-5-13-21/h1-9,12-17,24-25H,10-11,18-20H2,(H,27,29)/t24-/m1/s1. The second kappa shape index (κ2) is 9.53. The van der Waals surface area contributed by atoms with E-state index in [4.69, 9.17) is 0 Å². The summed E-state index contributed by atoms with van der Waals surface area (Å²) in [5.41, 5.74) is 3.20. The van der Waals surface area contributed by atoms with Crippen molar-refractivity contribution in [2.75, 3.05) is 19.6 Å². The summed E-state index contributed by atoms with van der Waals surface area (Å²) in [5, 5.41) is 3.38. The summed E-state index contributed by atoms with van der Waals surface area (Å²) in [6, 6.07) is 30.4. The van der Waals surface area contributed by atoms with E-state index >= 15 is 0 Å². The van der Waals surface area contributed by atoms with Crippen molar-refractivity contribution < 1.29 is 4.79 Å². The first-order chi connectivity index (χ1) is 14.3. The Morgan fingerprint density at radius 3 is 1.66 bits per heavy atom. The first-order valence-corrected chi connectivity index (χ1v) is 10.5. The lowest BCUT2D eigenvalue weighted by atomic mass is 9.90. The van der Waals surface area contributed by atoms with E-state index in [-0.39, 0.29) is 17.9 Å². The summed E-state index contributed by atoms with van der Waals surface area (Å²) in [7, 11) is 0. The summed E-state index contributed by atoms with van der Waals surface area (Å²) < 4.78 is 0. The third-order valence-corrected chi connectivity index (χ3v) is 5.69. The van der Waals surface area contributed by atoms with Gasteiger partial charge in [0.2, 0.25) is 5.91 Å². The van der Waals surface area contributed by atoms with Gasteiger partial charge in [-0.15, -0.1) is 0 Å². The molecule has 1 amide bonds. The molecule has 3 aromatic carbocycles. The number of likely N-dealkylation sites (tertiary alicyclic amines) is 1. The van der Waals surface area contributed by atoms with Gasteiger partial charge in [-0.3, -0.25) is 4.79 Å². The Morgan fingerprint density at radius 1 is 0.724 bits per heavy atom. The molecule has 3 heteroatoms. The number of nitrogens with one attached hydrogen (secondary N) is 1. The molecule has 0 aromatic heterocycles. The molecule has 29 heavy (non-hydrogen) atoms. The second-order valence-corrected chi connectivity index (χ2v) is 7.73.